The first-order valence-corrected chi connectivity index (χ1v) is 6.06. The van der Waals surface area contributed by atoms with E-state index in [1.807, 2.05) is 38.1 Å². The van der Waals surface area contributed by atoms with Crippen molar-refractivity contribution in [3.8, 4) is 0 Å². The van der Waals surface area contributed by atoms with Crippen molar-refractivity contribution in [3.05, 3.63) is 30.1 Å². The summed E-state index contributed by atoms with van der Waals surface area (Å²) in [7, 11) is 0. The molecule has 0 fully saturated rings. The van der Waals surface area contributed by atoms with Crippen LogP contribution in [0.4, 0.5) is 0 Å². The molecule has 112 valence electrons. The van der Waals surface area contributed by atoms with E-state index in [2.05, 4.69) is 15.3 Å². The van der Waals surface area contributed by atoms with Gasteiger partial charge in [0.1, 0.15) is 5.82 Å². The Morgan fingerprint density at radius 1 is 1.35 bits per heavy atom. The highest BCUT2D eigenvalue weighted by atomic mass is 35.5. The van der Waals surface area contributed by atoms with Crippen molar-refractivity contribution < 1.29 is 4.79 Å². The van der Waals surface area contributed by atoms with Crippen LogP contribution < -0.4 is 11.1 Å². The highest BCUT2D eigenvalue weighted by Crippen LogP contribution is 2.21. The summed E-state index contributed by atoms with van der Waals surface area (Å²) in [5.74, 6) is 0.836. The summed E-state index contributed by atoms with van der Waals surface area (Å²) in [5.41, 5.74) is 7.21. The lowest BCUT2D eigenvalue weighted by Gasteiger charge is -2.19. The molecule has 1 aromatic carbocycles. The quantitative estimate of drug-likeness (QED) is 0.807. The third kappa shape index (κ3) is 4.10. The van der Waals surface area contributed by atoms with Crippen LogP contribution in [0.5, 0.6) is 0 Å². The minimum Gasteiger partial charge on any atom is -0.345 e. The van der Waals surface area contributed by atoms with E-state index < -0.39 is 0 Å². The van der Waals surface area contributed by atoms with Gasteiger partial charge >= 0.3 is 0 Å². The van der Waals surface area contributed by atoms with Crippen molar-refractivity contribution in [3.63, 3.8) is 0 Å². The number of halogens is 2. The van der Waals surface area contributed by atoms with Gasteiger partial charge in [0.2, 0.25) is 5.91 Å². The molecule has 2 rings (SSSR count). The number of amides is 1. The predicted molar refractivity (Wildman–Crippen MR) is 85.4 cm³/mol. The lowest BCUT2D eigenvalue weighted by molar-refractivity contribution is -0.120. The number of fused-ring (bicyclic) bond motifs is 1. The maximum absolute atomic E-state index is 11.4. The monoisotopic (exact) mass is 318 g/mol. The van der Waals surface area contributed by atoms with E-state index in [1.165, 1.54) is 0 Å². The fourth-order valence-corrected chi connectivity index (χ4v) is 1.90. The van der Waals surface area contributed by atoms with Crippen molar-refractivity contribution in [2.45, 2.75) is 19.9 Å². The number of H-pyrrole nitrogens is 1. The number of hydrogen-bond acceptors (Lipinski definition) is 3. The number of nitrogens with one attached hydrogen (secondary N) is 2. The maximum Gasteiger partial charge on any atom is 0.234 e. The van der Waals surface area contributed by atoms with E-state index in [0.717, 1.165) is 16.9 Å². The number of carbonyl (C=O) groups is 1. The molecule has 0 aliphatic heterocycles. The second kappa shape index (κ2) is 8.09. The molecule has 2 aromatic rings. The smallest absolute Gasteiger partial charge is 0.234 e. The third-order valence-electron chi connectivity index (χ3n) is 2.87. The average molecular weight is 319 g/mol. The number of aromatic amines is 1. The van der Waals surface area contributed by atoms with Gasteiger partial charge in [0, 0.05) is 0 Å². The van der Waals surface area contributed by atoms with Crippen molar-refractivity contribution >= 4 is 41.8 Å². The van der Waals surface area contributed by atoms with Crippen molar-refractivity contribution in [1.29, 1.82) is 0 Å². The molecule has 1 aromatic heterocycles. The molecule has 0 aliphatic carbocycles. The Bertz CT molecular complexity index is 523. The number of aromatic nitrogens is 2. The summed E-state index contributed by atoms with van der Waals surface area (Å²) in [6.07, 6.45) is 0. The van der Waals surface area contributed by atoms with Gasteiger partial charge in [-0.05, 0) is 18.1 Å². The van der Waals surface area contributed by atoms with Gasteiger partial charge in [-0.25, -0.2) is 4.98 Å². The Labute approximate surface area is 130 Å². The molecule has 5 nitrogen and oxygen atoms in total. The molecule has 7 heteroatoms. The number of rotatable bonds is 4. The summed E-state index contributed by atoms with van der Waals surface area (Å²) in [6.45, 7) is 4.06. The average Bonchev–Trinajstić information content (AvgIpc) is 2.78. The van der Waals surface area contributed by atoms with Gasteiger partial charge in [-0.1, -0.05) is 26.0 Å². The summed E-state index contributed by atoms with van der Waals surface area (Å²) in [6, 6.07) is 7.66. The van der Waals surface area contributed by atoms with Crippen molar-refractivity contribution in [2.24, 2.45) is 11.7 Å². The zero-order valence-corrected chi connectivity index (χ0v) is 13.1. The zero-order chi connectivity index (χ0) is 13.1. The number of hydrogen-bond donors (Lipinski definition) is 3. The van der Waals surface area contributed by atoms with Gasteiger partial charge in [0.15, 0.2) is 0 Å². The second-order valence-corrected chi connectivity index (χ2v) is 4.63. The molecule has 0 spiro atoms. The Morgan fingerprint density at radius 3 is 2.55 bits per heavy atom. The molecular formula is C13H20Cl2N4O. The molecule has 20 heavy (non-hydrogen) atoms. The van der Waals surface area contributed by atoms with E-state index in [9.17, 15) is 4.79 Å². The predicted octanol–water partition coefficient (Wildman–Crippen LogP) is 2.18. The standard InChI is InChI=1S/C13H18N4O.2ClH/c1-8(2)12(17-11(18)7-14)13-15-9-5-3-4-6-10(9)16-13;;/h3-6,8,12H,7,14H2,1-2H3,(H,15,16)(H,17,18);2*1H. The van der Waals surface area contributed by atoms with Crippen LogP contribution in [-0.2, 0) is 4.79 Å². The Morgan fingerprint density at radius 2 is 2.00 bits per heavy atom. The number of nitrogens with zero attached hydrogens (tertiary/aromatic N) is 1. The lowest BCUT2D eigenvalue weighted by Crippen LogP contribution is -2.36. The largest absolute Gasteiger partial charge is 0.345 e. The molecule has 1 unspecified atom stereocenters. The van der Waals surface area contributed by atoms with Crippen LogP contribution in [0.15, 0.2) is 24.3 Å². The Hall–Kier alpha value is -1.30. The number of para-hydroxylation sites is 2. The minimum atomic E-state index is -0.172. The number of nitrogens with two attached hydrogens (primary N) is 1. The topological polar surface area (TPSA) is 83.8 Å². The van der Waals surface area contributed by atoms with Crippen LogP contribution in [0.2, 0.25) is 0 Å². The molecular weight excluding hydrogens is 299 g/mol. The molecule has 0 radical (unpaired) electrons. The van der Waals surface area contributed by atoms with Crippen molar-refractivity contribution in [2.75, 3.05) is 6.54 Å². The van der Waals surface area contributed by atoms with Crippen LogP contribution >= 0.6 is 24.8 Å². The van der Waals surface area contributed by atoms with Gasteiger partial charge in [0.05, 0.1) is 23.6 Å². The summed E-state index contributed by atoms with van der Waals surface area (Å²) in [5, 5.41) is 2.89. The van der Waals surface area contributed by atoms with Gasteiger partial charge < -0.3 is 16.0 Å². The van der Waals surface area contributed by atoms with Gasteiger partial charge in [-0.15, -0.1) is 24.8 Å². The normalized spacial score (nSPS) is 11.6. The fourth-order valence-electron chi connectivity index (χ4n) is 1.90. The lowest BCUT2D eigenvalue weighted by atomic mass is 10.0. The van der Waals surface area contributed by atoms with Crippen LogP contribution in [0, 0.1) is 5.92 Å². The zero-order valence-electron chi connectivity index (χ0n) is 11.4. The van der Waals surface area contributed by atoms with Gasteiger partial charge in [-0.3, -0.25) is 4.79 Å². The van der Waals surface area contributed by atoms with Gasteiger partial charge in [0.25, 0.3) is 0 Å². The van der Waals surface area contributed by atoms with Gasteiger partial charge in [-0.2, -0.15) is 0 Å². The van der Waals surface area contributed by atoms with E-state index >= 15 is 0 Å². The van der Waals surface area contributed by atoms with E-state index in [1.54, 1.807) is 0 Å². The highest BCUT2D eigenvalue weighted by molar-refractivity contribution is 5.85. The fraction of sp³-hybridized carbons (Fsp3) is 0.385. The van der Waals surface area contributed by atoms with E-state index in [0.29, 0.717) is 0 Å². The molecule has 1 heterocycles. The van der Waals surface area contributed by atoms with Crippen LogP contribution in [0.25, 0.3) is 11.0 Å². The van der Waals surface area contributed by atoms with E-state index in [-0.39, 0.29) is 49.2 Å². The SMILES string of the molecule is CC(C)C(NC(=O)CN)c1nc2ccccc2[nH]1.Cl.Cl. The third-order valence-corrected chi connectivity index (χ3v) is 2.87. The molecule has 0 saturated heterocycles. The number of carbonyl (C=O) groups excluding carboxylic acids is 1. The molecule has 4 N–H and O–H groups in total. The molecule has 0 saturated carbocycles. The first-order valence-electron chi connectivity index (χ1n) is 6.06. The summed E-state index contributed by atoms with van der Waals surface area (Å²) < 4.78 is 0. The van der Waals surface area contributed by atoms with E-state index in [4.69, 9.17) is 5.73 Å². The van der Waals surface area contributed by atoms with Crippen molar-refractivity contribution in [1.82, 2.24) is 15.3 Å². The van der Waals surface area contributed by atoms with Crippen LogP contribution in [0.1, 0.15) is 25.7 Å². The molecule has 0 bridgehead atoms. The summed E-state index contributed by atoms with van der Waals surface area (Å²) >= 11 is 0. The number of imidazole rings is 1. The first kappa shape index (κ1) is 18.7. The molecule has 1 atom stereocenters. The Balaban J connectivity index is 0.00000180. The van der Waals surface area contributed by atoms with Crippen LogP contribution in [-0.4, -0.2) is 22.4 Å². The maximum atomic E-state index is 11.4. The first-order chi connectivity index (χ1) is 8.61. The number of benzene rings is 1. The Kier molecular flexibility index (Phi) is 7.57. The van der Waals surface area contributed by atoms with Crippen LogP contribution in [0.3, 0.4) is 0 Å². The molecule has 0 aliphatic rings. The molecule has 1 amide bonds. The highest BCUT2D eigenvalue weighted by Gasteiger charge is 2.21. The minimum absolute atomic E-state index is 0. The second-order valence-electron chi connectivity index (χ2n) is 4.63. The summed E-state index contributed by atoms with van der Waals surface area (Å²) in [4.78, 5) is 19.2.